The van der Waals surface area contributed by atoms with E-state index in [1.54, 1.807) is 11.3 Å². The Bertz CT molecular complexity index is 808. The molecule has 0 unspecified atom stereocenters. The molecule has 1 fully saturated rings. The lowest BCUT2D eigenvalue weighted by molar-refractivity contribution is -0.116. The van der Waals surface area contributed by atoms with Crippen LogP contribution >= 0.6 is 11.3 Å². The highest BCUT2D eigenvalue weighted by molar-refractivity contribution is 7.15. The van der Waals surface area contributed by atoms with Crippen molar-refractivity contribution in [3.63, 3.8) is 0 Å². The SMILES string of the molecule is Cc1cc(C)nc(NCCCC(=O)Nc2nc(C)c(CN3CCC(C)CC3)s2)n1. The fraction of sp³-hybridized carbons (Fsp3) is 0.619. The van der Waals surface area contributed by atoms with Crippen LogP contribution in [-0.2, 0) is 11.3 Å². The van der Waals surface area contributed by atoms with Gasteiger partial charge in [-0.3, -0.25) is 9.69 Å². The Hall–Kier alpha value is -2.06. The standard InChI is InChI=1S/C21H32N6OS/c1-14-7-10-27(11-8-14)13-18-17(4)25-21(29-18)26-19(28)6-5-9-22-20-23-15(2)12-16(3)24-20/h12,14H,5-11,13H2,1-4H3,(H,22,23,24)(H,25,26,28). The zero-order chi connectivity index (χ0) is 20.8. The third-order valence-electron chi connectivity index (χ3n) is 5.23. The van der Waals surface area contributed by atoms with Crippen LogP contribution in [0, 0.1) is 26.7 Å². The van der Waals surface area contributed by atoms with Crippen LogP contribution in [-0.4, -0.2) is 45.4 Å². The number of rotatable bonds is 8. The summed E-state index contributed by atoms with van der Waals surface area (Å²) >= 11 is 1.60. The van der Waals surface area contributed by atoms with Crippen molar-refractivity contribution in [2.24, 2.45) is 5.92 Å². The summed E-state index contributed by atoms with van der Waals surface area (Å²) < 4.78 is 0. The van der Waals surface area contributed by atoms with Gasteiger partial charge in [0, 0.05) is 35.8 Å². The van der Waals surface area contributed by atoms with Crippen LogP contribution in [0.3, 0.4) is 0 Å². The minimum absolute atomic E-state index is 0.000221. The highest BCUT2D eigenvalue weighted by Gasteiger charge is 2.18. The van der Waals surface area contributed by atoms with E-state index in [2.05, 4.69) is 37.4 Å². The zero-order valence-corrected chi connectivity index (χ0v) is 18.7. The molecule has 1 saturated heterocycles. The average Bonchev–Trinajstić information content (AvgIpc) is 2.99. The highest BCUT2D eigenvalue weighted by atomic mass is 32.1. The van der Waals surface area contributed by atoms with Crippen molar-refractivity contribution < 1.29 is 4.79 Å². The van der Waals surface area contributed by atoms with Crippen LogP contribution in [0.4, 0.5) is 11.1 Å². The number of nitrogens with one attached hydrogen (secondary N) is 2. The Labute approximate surface area is 177 Å². The Balaban J connectivity index is 1.41. The molecule has 0 aromatic carbocycles. The molecule has 1 aliphatic heterocycles. The van der Waals surface area contributed by atoms with Gasteiger partial charge in [-0.1, -0.05) is 6.92 Å². The lowest BCUT2D eigenvalue weighted by Crippen LogP contribution is -2.32. The van der Waals surface area contributed by atoms with Crippen LogP contribution in [0.25, 0.3) is 0 Å². The van der Waals surface area contributed by atoms with Crippen molar-refractivity contribution in [2.75, 3.05) is 30.3 Å². The maximum Gasteiger partial charge on any atom is 0.226 e. The molecule has 0 saturated carbocycles. The van der Waals surface area contributed by atoms with E-state index in [1.165, 1.54) is 17.7 Å². The first kappa shape index (κ1) is 21.6. The van der Waals surface area contributed by atoms with Gasteiger partial charge in [0.25, 0.3) is 0 Å². The number of carbonyl (C=O) groups excluding carboxylic acids is 1. The van der Waals surface area contributed by atoms with Gasteiger partial charge in [0.1, 0.15) is 0 Å². The quantitative estimate of drug-likeness (QED) is 0.635. The molecule has 0 bridgehead atoms. The predicted molar refractivity (Wildman–Crippen MR) is 118 cm³/mol. The maximum absolute atomic E-state index is 12.3. The molecule has 0 aliphatic carbocycles. The van der Waals surface area contributed by atoms with Gasteiger partial charge in [-0.15, -0.1) is 11.3 Å². The first-order valence-corrected chi connectivity index (χ1v) is 11.3. The van der Waals surface area contributed by atoms with Gasteiger partial charge < -0.3 is 10.6 Å². The fourth-order valence-electron chi connectivity index (χ4n) is 3.49. The normalized spacial score (nSPS) is 15.4. The third-order valence-corrected chi connectivity index (χ3v) is 6.29. The lowest BCUT2D eigenvalue weighted by Gasteiger charge is -2.29. The summed E-state index contributed by atoms with van der Waals surface area (Å²) in [4.78, 5) is 29.3. The van der Waals surface area contributed by atoms with Crippen molar-refractivity contribution in [2.45, 2.75) is 59.9 Å². The number of anilines is 2. The number of piperidine rings is 1. The molecule has 8 heteroatoms. The van der Waals surface area contributed by atoms with Crippen molar-refractivity contribution in [1.82, 2.24) is 19.9 Å². The molecular weight excluding hydrogens is 384 g/mol. The largest absolute Gasteiger partial charge is 0.354 e. The van der Waals surface area contributed by atoms with Crippen LogP contribution in [0.5, 0.6) is 0 Å². The molecule has 2 aromatic heterocycles. The Kier molecular flexibility index (Phi) is 7.55. The van der Waals surface area contributed by atoms with Crippen LogP contribution in [0.15, 0.2) is 6.07 Å². The van der Waals surface area contributed by atoms with Gasteiger partial charge in [-0.05, 0) is 65.1 Å². The Morgan fingerprint density at radius 1 is 1.17 bits per heavy atom. The molecular formula is C21H32N6OS. The summed E-state index contributed by atoms with van der Waals surface area (Å²) in [5.74, 6) is 1.45. The molecule has 158 valence electrons. The van der Waals surface area contributed by atoms with Gasteiger partial charge in [0.2, 0.25) is 11.9 Å². The monoisotopic (exact) mass is 416 g/mol. The number of likely N-dealkylation sites (tertiary alicyclic amines) is 1. The zero-order valence-electron chi connectivity index (χ0n) is 17.9. The number of nitrogens with zero attached hydrogens (tertiary/aromatic N) is 4. The number of thiazole rings is 1. The maximum atomic E-state index is 12.3. The molecule has 7 nitrogen and oxygen atoms in total. The molecule has 3 heterocycles. The van der Waals surface area contributed by atoms with E-state index in [0.29, 0.717) is 30.5 Å². The number of carbonyl (C=O) groups is 1. The van der Waals surface area contributed by atoms with Gasteiger partial charge >= 0.3 is 0 Å². The van der Waals surface area contributed by atoms with Gasteiger partial charge in [-0.2, -0.15) is 0 Å². The molecule has 2 N–H and O–H groups in total. The van der Waals surface area contributed by atoms with E-state index in [9.17, 15) is 4.79 Å². The summed E-state index contributed by atoms with van der Waals surface area (Å²) in [7, 11) is 0. The van der Waals surface area contributed by atoms with Crippen molar-refractivity contribution in [1.29, 1.82) is 0 Å². The first-order valence-electron chi connectivity index (χ1n) is 10.4. The van der Waals surface area contributed by atoms with E-state index in [-0.39, 0.29) is 5.91 Å². The van der Waals surface area contributed by atoms with Gasteiger partial charge in [-0.25, -0.2) is 15.0 Å². The number of hydrogen-bond acceptors (Lipinski definition) is 7. The second-order valence-electron chi connectivity index (χ2n) is 8.04. The van der Waals surface area contributed by atoms with Crippen molar-refractivity contribution in [3.05, 3.63) is 28.0 Å². The molecule has 0 spiro atoms. The van der Waals surface area contributed by atoms with Crippen molar-refractivity contribution >= 4 is 28.3 Å². The Morgan fingerprint density at radius 2 is 1.86 bits per heavy atom. The van der Waals surface area contributed by atoms with Gasteiger partial charge in [0.05, 0.1) is 5.69 Å². The van der Waals surface area contributed by atoms with Crippen molar-refractivity contribution in [3.8, 4) is 0 Å². The van der Waals surface area contributed by atoms with Gasteiger partial charge in [0.15, 0.2) is 5.13 Å². The average molecular weight is 417 g/mol. The molecule has 2 aromatic rings. The summed E-state index contributed by atoms with van der Waals surface area (Å²) in [5.41, 5.74) is 2.90. The third kappa shape index (κ3) is 6.75. The smallest absolute Gasteiger partial charge is 0.226 e. The molecule has 3 rings (SSSR count). The minimum atomic E-state index is 0.000221. The van der Waals surface area contributed by atoms with E-state index in [4.69, 9.17) is 0 Å². The van der Waals surface area contributed by atoms with Crippen LogP contribution in [0.1, 0.15) is 54.6 Å². The number of amides is 1. The Morgan fingerprint density at radius 3 is 2.55 bits per heavy atom. The second kappa shape index (κ2) is 10.1. The highest BCUT2D eigenvalue weighted by Crippen LogP contribution is 2.26. The number of aryl methyl sites for hydroxylation is 3. The van der Waals surface area contributed by atoms with E-state index >= 15 is 0 Å². The van der Waals surface area contributed by atoms with Crippen LogP contribution in [0.2, 0.25) is 0 Å². The van der Waals surface area contributed by atoms with E-state index < -0.39 is 0 Å². The first-order chi connectivity index (χ1) is 13.9. The summed E-state index contributed by atoms with van der Waals surface area (Å²) in [6.45, 7) is 12.1. The molecule has 29 heavy (non-hydrogen) atoms. The van der Waals surface area contributed by atoms with E-state index in [0.717, 1.165) is 42.6 Å². The molecule has 1 amide bonds. The summed E-state index contributed by atoms with van der Waals surface area (Å²) in [6, 6.07) is 1.94. The number of hydrogen-bond donors (Lipinski definition) is 2. The predicted octanol–water partition coefficient (Wildman–Crippen LogP) is 3.92. The summed E-state index contributed by atoms with van der Waals surface area (Å²) in [5, 5.41) is 6.85. The minimum Gasteiger partial charge on any atom is -0.354 e. The van der Waals surface area contributed by atoms with E-state index in [1.807, 2.05) is 26.8 Å². The van der Waals surface area contributed by atoms with Crippen LogP contribution < -0.4 is 10.6 Å². The lowest BCUT2D eigenvalue weighted by atomic mass is 9.99. The molecule has 0 atom stereocenters. The fourth-order valence-corrected chi connectivity index (χ4v) is 4.51. The summed E-state index contributed by atoms with van der Waals surface area (Å²) in [6.07, 6.45) is 3.69. The molecule has 0 radical (unpaired) electrons. The molecule has 1 aliphatic rings. The number of aromatic nitrogens is 3. The topological polar surface area (TPSA) is 83.0 Å². The second-order valence-corrected chi connectivity index (χ2v) is 9.12.